The maximum Gasteiger partial charge on any atom is 0.513 e. The van der Waals surface area contributed by atoms with Gasteiger partial charge in [0.2, 0.25) is 18.4 Å². The number of nitrogens with two attached hydrogens (primary N) is 2. The van der Waals surface area contributed by atoms with Crippen LogP contribution in [0.2, 0.25) is 0 Å². The second-order valence-electron chi connectivity index (χ2n) is 4.54. The lowest BCUT2D eigenvalue weighted by Crippen LogP contribution is -2.32. The van der Waals surface area contributed by atoms with E-state index in [1.165, 1.54) is 0 Å². The first kappa shape index (κ1) is 21.8. The molecule has 0 spiro atoms. The molecule has 0 amide bonds. The first-order chi connectivity index (χ1) is 10.2. The van der Waals surface area contributed by atoms with Crippen molar-refractivity contribution in [1.82, 2.24) is 0 Å². The molecule has 4 unspecified atom stereocenters. The molecule has 6 nitrogen and oxygen atoms in total. The Hall–Kier alpha value is -0.170. The van der Waals surface area contributed by atoms with E-state index in [9.17, 15) is 22.3 Å². The fourth-order valence-corrected chi connectivity index (χ4v) is 4.13. The minimum absolute atomic E-state index is 0.126. The summed E-state index contributed by atoms with van der Waals surface area (Å²) in [5.41, 5.74) is 10.4. The van der Waals surface area contributed by atoms with Crippen LogP contribution in [0.4, 0.5) is 13.2 Å². The summed E-state index contributed by atoms with van der Waals surface area (Å²) in [5.74, 6) is 0. The van der Waals surface area contributed by atoms with E-state index in [0.717, 1.165) is 0 Å². The highest BCUT2D eigenvalue weighted by atomic mass is 31.1. The molecule has 0 aromatic rings. The van der Waals surface area contributed by atoms with Gasteiger partial charge in [0.05, 0.1) is 0 Å². The highest BCUT2D eigenvalue weighted by Gasteiger charge is 2.46. The fourth-order valence-electron chi connectivity index (χ4n) is 1.52. The summed E-state index contributed by atoms with van der Waals surface area (Å²) in [6.07, 6.45) is -6.77. The third kappa shape index (κ3) is 9.77. The molecule has 11 heteroatoms. The summed E-state index contributed by atoms with van der Waals surface area (Å²) < 4.78 is 70.6. The number of rotatable bonds is 12. The Balaban J connectivity index is 4.23. The maximum atomic E-state index is 12.6. The van der Waals surface area contributed by atoms with Gasteiger partial charge in [-0.1, -0.05) is 6.92 Å². The number of hydrogen-bond acceptors (Lipinski definition) is 6. The van der Waals surface area contributed by atoms with Crippen LogP contribution >= 0.6 is 16.1 Å². The minimum atomic E-state index is -4.63. The van der Waals surface area contributed by atoms with Crippen molar-refractivity contribution in [3.8, 4) is 0 Å². The van der Waals surface area contributed by atoms with Gasteiger partial charge in [-0.15, -0.1) is 9.05 Å². The lowest BCUT2D eigenvalue weighted by Gasteiger charge is -2.13. The van der Waals surface area contributed by atoms with E-state index in [1.54, 1.807) is 0 Å². The van der Waals surface area contributed by atoms with E-state index in [0.29, 0.717) is 19.4 Å². The SMILES string of the molecule is CCC(CCN)O[P+](=O)CC[P+](=O)OC(CCN)C(F)(F)F. The van der Waals surface area contributed by atoms with Gasteiger partial charge in [-0.2, -0.15) is 13.2 Å². The lowest BCUT2D eigenvalue weighted by atomic mass is 10.2. The van der Waals surface area contributed by atoms with Crippen molar-refractivity contribution in [2.24, 2.45) is 11.5 Å². The Morgan fingerprint density at radius 2 is 1.50 bits per heavy atom. The zero-order chi connectivity index (χ0) is 17.2. The molecular formula is C11H23F3N2O4P2+2. The van der Waals surface area contributed by atoms with Crippen molar-refractivity contribution in [2.45, 2.75) is 44.6 Å². The number of hydrogen-bond donors (Lipinski definition) is 2. The van der Waals surface area contributed by atoms with Crippen molar-refractivity contribution in [1.29, 1.82) is 0 Å². The third-order valence-corrected chi connectivity index (χ3v) is 5.27. The van der Waals surface area contributed by atoms with Crippen molar-refractivity contribution < 1.29 is 31.3 Å². The molecule has 0 saturated carbocycles. The molecule has 0 radical (unpaired) electrons. The molecule has 0 aliphatic rings. The van der Waals surface area contributed by atoms with Gasteiger partial charge in [0.1, 0.15) is 6.10 Å². The summed E-state index contributed by atoms with van der Waals surface area (Å²) in [5, 5.41) is 0. The molecule has 0 aromatic carbocycles. The van der Waals surface area contributed by atoms with Gasteiger partial charge in [-0.3, -0.25) is 0 Å². The van der Waals surface area contributed by atoms with Crippen LogP contribution in [0.5, 0.6) is 0 Å². The molecule has 0 aliphatic heterocycles. The highest BCUT2D eigenvalue weighted by molar-refractivity contribution is 7.43. The van der Waals surface area contributed by atoms with Crippen molar-refractivity contribution >= 4 is 16.1 Å². The fraction of sp³-hybridized carbons (Fsp3) is 1.00. The Morgan fingerprint density at radius 1 is 1.00 bits per heavy atom. The zero-order valence-electron chi connectivity index (χ0n) is 12.4. The Kier molecular flexibility index (Phi) is 11.3. The zero-order valence-corrected chi connectivity index (χ0v) is 14.2. The molecule has 130 valence electrons. The lowest BCUT2D eigenvalue weighted by molar-refractivity contribution is -0.194. The van der Waals surface area contributed by atoms with E-state index in [-0.39, 0.29) is 25.0 Å². The average molecular weight is 366 g/mol. The largest absolute Gasteiger partial charge is 0.513 e. The molecule has 22 heavy (non-hydrogen) atoms. The van der Waals surface area contributed by atoms with E-state index in [2.05, 4.69) is 4.52 Å². The van der Waals surface area contributed by atoms with Gasteiger partial charge in [0.25, 0.3) is 0 Å². The molecule has 0 heterocycles. The molecule has 4 atom stereocenters. The van der Waals surface area contributed by atoms with Gasteiger partial charge < -0.3 is 11.5 Å². The molecule has 4 N–H and O–H groups in total. The Morgan fingerprint density at radius 3 is 1.91 bits per heavy atom. The van der Waals surface area contributed by atoms with Crippen LogP contribution in [0, 0.1) is 0 Å². The average Bonchev–Trinajstić information content (AvgIpc) is 2.43. The van der Waals surface area contributed by atoms with Crippen LogP contribution in [-0.2, 0) is 18.2 Å². The molecule has 0 saturated heterocycles. The van der Waals surface area contributed by atoms with Crippen molar-refractivity contribution in [2.75, 3.05) is 25.4 Å². The van der Waals surface area contributed by atoms with Gasteiger partial charge in [-0.05, 0) is 41.5 Å². The first-order valence-electron chi connectivity index (χ1n) is 6.94. The van der Waals surface area contributed by atoms with Crippen LogP contribution in [0.3, 0.4) is 0 Å². The Labute approximate surface area is 129 Å². The smallest absolute Gasteiger partial charge is 0.330 e. The Bertz CT molecular complexity index is 359. The monoisotopic (exact) mass is 366 g/mol. The molecule has 0 fully saturated rings. The quantitative estimate of drug-likeness (QED) is 0.515. The van der Waals surface area contributed by atoms with Crippen molar-refractivity contribution in [3.05, 3.63) is 0 Å². The number of halogens is 3. The summed E-state index contributed by atoms with van der Waals surface area (Å²) in [7, 11) is -4.69. The first-order valence-corrected chi connectivity index (χ1v) is 9.66. The topological polar surface area (TPSA) is 105 Å². The van der Waals surface area contributed by atoms with Crippen LogP contribution in [-0.4, -0.2) is 43.8 Å². The standard InChI is InChI=1S/C11H23F3N2O4P2/c1-2-9(3-5-15)19-21(17)7-8-22(18)20-10(4-6-16)11(12,13)14/h9-10H,2-8,15-16H2,1H3/q+2. The van der Waals surface area contributed by atoms with Crippen molar-refractivity contribution in [3.63, 3.8) is 0 Å². The van der Waals surface area contributed by atoms with Crippen LogP contribution in [0.1, 0.15) is 26.2 Å². The van der Waals surface area contributed by atoms with E-state index in [1.807, 2.05) is 6.92 Å². The second kappa shape index (κ2) is 11.4. The van der Waals surface area contributed by atoms with Gasteiger partial charge in [0.15, 0.2) is 0 Å². The summed E-state index contributed by atoms with van der Waals surface area (Å²) >= 11 is 0. The summed E-state index contributed by atoms with van der Waals surface area (Å²) in [4.78, 5) is 0. The third-order valence-electron chi connectivity index (χ3n) is 2.71. The van der Waals surface area contributed by atoms with Crippen LogP contribution in [0.15, 0.2) is 0 Å². The van der Waals surface area contributed by atoms with Gasteiger partial charge in [0, 0.05) is 0 Å². The van der Waals surface area contributed by atoms with Crippen LogP contribution < -0.4 is 11.5 Å². The molecule has 0 bridgehead atoms. The predicted molar refractivity (Wildman–Crippen MR) is 78.4 cm³/mol. The van der Waals surface area contributed by atoms with E-state index in [4.69, 9.17) is 16.0 Å². The van der Waals surface area contributed by atoms with Gasteiger partial charge in [-0.25, -0.2) is 0 Å². The molecule has 0 aromatic heterocycles. The molecule has 0 rings (SSSR count). The minimum Gasteiger partial charge on any atom is -0.330 e. The molecule has 0 aliphatic carbocycles. The van der Waals surface area contributed by atoms with Crippen LogP contribution in [0.25, 0.3) is 0 Å². The van der Waals surface area contributed by atoms with E-state index < -0.39 is 34.8 Å². The highest BCUT2D eigenvalue weighted by Crippen LogP contribution is 2.37. The predicted octanol–water partition coefficient (Wildman–Crippen LogP) is 2.91. The second-order valence-corrected chi connectivity index (χ2v) is 7.19. The summed E-state index contributed by atoms with van der Waals surface area (Å²) in [6.45, 7) is 1.99. The number of alkyl halides is 3. The summed E-state index contributed by atoms with van der Waals surface area (Å²) in [6, 6.07) is 0. The van der Waals surface area contributed by atoms with Gasteiger partial charge >= 0.3 is 22.2 Å². The molecular weight excluding hydrogens is 343 g/mol. The normalized spacial score (nSPS) is 16.3. The maximum absolute atomic E-state index is 12.6. The van der Waals surface area contributed by atoms with E-state index >= 15 is 0 Å².